The Kier molecular flexibility index (Phi) is 8.03. The standard InChI is InChI=1S/C15H23Br2NO/c1-11(2)6-4-5-7-18-10-12-8-13(16)15(19-3)14(17)9-12/h8-9,11,18H,4-7,10H2,1-3H3. The molecule has 0 radical (unpaired) electrons. The second-order valence-corrected chi connectivity index (χ2v) is 6.87. The van der Waals surface area contributed by atoms with Crippen LogP contribution < -0.4 is 10.1 Å². The fourth-order valence-electron chi connectivity index (χ4n) is 1.94. The minimum atomic E-state index is 0.813. The van der Waals surface area contributed by atoms with Crippen LogP contribution in [0.2, 0.25) is 0 Å². The van der Waals surface area contributed by atoms with Gasteiger partial charge in [0.2, 0.25) is 0 Å². The fraction of sp³-hybridized carbons (Fsp3) is 0.600. The van der Waals surface area contributed by atoms with Crippen molar-refractivity contribution in [3.05, 3.63) is 26.6 Å². The van der Waals surface area contributed by atoms with Crippen LogP contribution in [0.5, 0.6) is 5.75 Å². The SMILES string of the molecule is COc1c(Br)cc(CNCCCCC(C)C)cc1Br. The monoisotopic (exact) mass is 391 g/mol. The Morgan fingerprint density at radius 2 is 1.79 bits per heavy atom. The van der Waals surface area contributed by atoms with E-state index in [4.69, 9.17) is 4.74 Å². The molecule has 0 saturated heterocycles. The van der Waals surface area contributed by atoms with Gasteiger partial charge in [0.25, 0.3) is 0 Å². The lowest BCUT2D eigenvalue weighted by molar-refractivity contribution is 0.409. The number of ether oxygens (including phenoxy) is 1. The smallest absolute Gasteiger partial charge is 0.147 e. The number of unbranched alkanes of at least 4 members (excludes halogenated alkanes) is 1. The first-order chi connectivity index (χ1) is 9.04. The summed E-state index contributed by atoms with van der Waals surface area (Å²) >= 11 is 7.05. The van der Waals surface area contributed by atoms with Gasteiger partial charge < -0.3 is 10.1 Å². The van der Waals surface area contributed by atoms with E-state index in [1.807, 2.05) is 0 Å². The number of halogens is 2. The number of benzene rings is 1. The van der Waals surface area contributed by atoms with Crippen molar-refractivity contribution in [2.45, 2.75) is 39.7 Å². The van der Waals surface area contributed by atoms with Crippen LogP contribution in [0, 0.1) is 5.92 Å². The molecular weight excluding hydrogens is 370 g/mol. The van der Waals surface area contributed by atoms with E-state index in [1.165, 1.54) is 24.8 Å². The van der Waals surface area contributed by atoms with Crippen LogP contribution >= 0.6 is 31.9 Å². The Bertz CT molecular complexity index is 371. The van der Waals surface area contributed by atoms with Crippen LogP contribution in [0.3, 0.4) is 0 Å². The first-order valence-electron chi connectivity index (χ1n) is 6.77. The zero-order valence-electron chi connectivity index (χ0n) is 11.9. The summed E-state index contributed by atoms with van der Waals surface area (Å²) in [6.45, 7) is 6.52. The van der Waals surface area contributed by atoms with E-state index in [-0.39, 0.29) is 0 Å². The van der Waals surface area contributed by atoms with E-state index in [0.717, 1.165) is 33.7 Å². The molecule has 1 aromatic rings. The summed E-state index contributed by atoms with van der Waals surface area (Å²) in [5.41, 5.74) is 1.25. The van der Waals surface area contributed by atoms with Crippen LogP contribution in [0.25, 0.3) is 0 Å². The quantitative estimate of drug-likeness (QED) is 0.618. The maximum absolute atomic E-state index is 5.30. The first-order valence-corrected chi connectivity index (χ1v) is 8.35. The van der Waals surface area contributed by atoms with Gasteiger partial charge in [-0.1, -0.05) is 26.7 Å². The lowest BCUT2D eigenvalue weighted by atomic mass is 10.1. The fourth-order valence-corrected chi connectivity index (χ4v) is 3.55. The van der Waals surface area contributed by atoms with E-state index in [0.29, 0.717) is 0 Å². The third-order valence-corrected chi connectivity index (χ3v) is 4.15. The molecule has 4 heteroatoms. The number of methoxy groups -OCH3 is 1. The molecule has 0 unspecified atom stereocenters. The number of hydrogen-bond acceptors (Lipinski definition) is 2. The molecule has 0 aliphatic rings. The van der Waals surface area contributed by atoms with Gasteiger partial charge in [-0.3, -0.25) is 0 Å². The van der Waals surface area contributed by atoms with Crippen molar-refractivity contribution < 1.29 is 4.74 Å². The topological polar surface area (TPSA) is 21.3 Å². The highest BCUT2D eigenvalue weighted by Crippen LogP contribution is 2.34. The van der Waals surface area contributed by atoms with Crippen molar-refractivity contribution >= 4 is 31.9 Å². The predicted molar refractivity (Wildman–Crippen MR) is 88.8 cm³/mol. The van der Waals surface area contributed by atoms with Crippen LogP contribution in [0.4, 0.5) is 0 Å². The summed E-state index contributed by atoms with van der Waals surface area (Å²) in [7, 11) is 1.68. The molecule has 0 aliphatic carbocycles. The molecule has 1 aromatic carbocycles. The largest absolute Gasteiger partial charge is 0.494 e. The molecule has 0 spiro atoms. The highest BCUT2D eigenvalue weighted by molar-refractivity contribution is 9.11. The Balaban J connectivity index is 2.34. The lowest BCUT2D eigenvalue weighted by Gasteiger charge is -2.10. The molecular formula is C15H23Br2NO. The predicted octanol–water partition coefficient (Wildman–Crippen LogP) is 5.14. The molecule has 1 rings (SSSR count). The van der Waals surface area contributed by atoms with Crippen molar-refractivity contribution in [2.24, 2.45) is 5.92 Å². The van der Waals surface area contributed by atoms with E-state index in [1.54, 1.807) is 7.11 Å². The molecule has 0 amide bonds. The van der Waals surface area contributed by atoms with Crippen molar-refractivity contribution in [3.8, 4) is 5.75 Å². The third-order valence-electron chi connectivity index (χ3n) is 2.98. The van der Waals surface area contributed by atoms with Gasteiger partial charge in [0, 0.05) is 6.54 Å². The normalized spacial score (nSPS) is 11.1. The van der Waals surface area contributed by atoms with E-state index in [2.05, 4.69) is 63.2 Å². The summed E-state index contributed by atoms with van der Waals surface area (Å²) in [4.78, 5) is 0. The maximum Gasteiger partial charge on any atom is 0.147 e. The Morgan fingerprint density at radius 1 is 1.16 bits per heavy atom. The van der Waals surface area contributed by atoms with Gasteiger partial charge in [0.15, 0.2) is 0 Å². The third kappa shape index (κ3) is 6.28. The average molecular weight is 393 g/mol. The first kappa shape index (κ1) is 17.0. The summed E-state index contributed by atoms with van der Waals surface area (Å²) in [5, 5.41) is 3.48. The van der Waals surface area contributed by atoms with E-state index < -0.39 is 0 Å². The molecule has 19 heavy (non-hydrogen) atoms. The highest BCUT2D eigenvalue weighted by Gasteiger charge is 2.07. The summed E-state index contributed by atoms with van der Waals surface area (Å²) in [6.07, 6.45) is 3.87. The van der Waals surface area contributed by atoms with E-state index >= 15 is 0 Å². The van der Waals surface area contributed by atoms with Crippen LogP contribution in [-0.2, 0) is 6.54 Å². The molecule has 0 atom stereocenters. The minimum absolute atomic E-state index is 0.813. The van der Waals surface area contributed by atoms with Gasteiger partial charge in [0.05, 0.1) is 16.1 Å². The molecule has 0 bridgehead atoms. The molecule has 0 aromatic heterocycles. The van der Waals surface area contributed by atoms with Gasteiger partial charge in [-0.15, -0.1) is 0 Å². The summed E-state index contributed by atoms with van der Waals surface area (Å²) in [6, 6.07) is 4.20. The van der Waals surface area contributed by atoms with Crippen LogP contribution in [0.1, 0.15) is 38.7 Å². The van der Waals surface area contributed by atoms with Gasteiger partial charge in [-0.05, 0) is 68.4 Å². The molecule has 0 heterocycles. The van der Waals surface area contributed by atoms with Crippen molar-refractivity contribution in [1.29, 1.82) is 0 Å². The van der Waals surface area contributed by atoms with Gasteiger partial charge >= 0.3 is 0 Å². The molecule has 0 saturated carbocycles. The van der Waals surface area contributed by atoms with E-state index in [9.17, 15) is 0 Å². The number of hydrogen-bond donors (Lipinski definition) is 1. The molecule has 108 valence electrons. The summed E-state index contributed by atoms with van der Waals surface area (Å²) in [5.74, 6) is 1.66. The molecule has 2 nitrogen and oxygen atoms in total. The minimum Gasteiger partial charge on any atom is -0.494 e. The lowest BCUT2D eigenvalue weighted by Crippen LogP contribution is -2.14. The number of nitrogens with one attached hydrogen (secondary N) is 1. The van der Waals surface area contributed by atoms with Crippen molar-refractivity contribution in [3.63, 3.8) is 0 Å². The van der Waals surface area contributed by atoms with Crippen LogP contribution in [0.15, 0.2) is 21.1 Å². The zero-order valence-corrected chi connectivity index (χ0v) is 15.1. The Morgan fingerprint density at radius 3 is 2.32 bits per heavy atom. The molecule has 0 fully saturated rings. The Hall–Kier alpha value is -0.0600. The van der Waals surface area contributed by atoms with Crippen LogP contribution in [-0.4, -0.2) is 13.7 Å². The zero-order chi connectivity index (χ0) is 14.3. The summed E-state index contributed by atoms with van der Waals surface area (Å²) < 4.78 is 7.27. The number of rotatable bonds is 8. The Labute approximate surface area is 133 Å². The van der Waals surface area contributed by atoms with Crippen molar-refractivity contribution in [1.82, 2.24) is 5.32 Å². The second kappa shape index (κ2) is 8.98. The van der Waals surface area contributed by atoms with Gasteiger partial charge in [0.1, 0.15) is 5.75 Å². The molecule has 1 N–H and O–H groups in total. The highest BCUT2D eigenvalue weighted by atomic mass is 79.9. The van der Waals surface area contributed by atoms with Gasteiger partial charge in [-0.2, -0.15) is 0 Å². The average Bonchev–Trinajstić information content (AvgIpc) is 2.33. The second-order valence-electron chi connectivity index (χ2n) is 5.16. The maximum atomic E-state index is 5.30. The van der Waals surface area contributed by atoms with Crippen molar-refractivity contribution in [2.75, 3.05) is 13.7 Å². The van der Waals surface area contributed by atoms with Gasteiger partial charge in [-0.25, -0.2) is 0 Å². The molecule has 0 aliphatic heterocycles.